The predicted molar refractivity (Wildman–Crippen MR) is 40.7 cm³/mol. The van der Waals surface area contributed by atoms with Gasteiger partial charge in [-0.3, -0.25) is 0 Å². The van der Waals surface area contributed by atoms with Crippen LogP contribution in [0.5, 0.6) is 0 Å². The monoisotopic (exact) mass is 138 g/mol. The van der Waals surface area contributed by atoms with Crippen molar-refractivity contribution in [1.29, 1.82) is 0 Å². The molecule has 0 saturated heterocycles. The van der Waals surface area contributed by atoms with Crippen molar-refractivity contribution in [2.75, 3.05) is 0 Å². The third-order valence-electron chi connectivity index (χ3n) is 0.765. The van der Waals surface area contributed by atoms with Gasteiger partial charge < -0.3 is 5.11 Å². The van der Waals surface area contributed by atoms with Crippen molar-refractivity contribution in [2.45, 2.75) is 6.92 Å². The van der Waals surface area contributed by atoms with E-state index < -0.39 is 5.97 Å². The van der Waals surface area contributed by atoms with Crippen molar-refractivity contribution >= 4 is 5.97 Å². The zero-order chi connectivity index (χ0) is 7.82. The zero-order valence-electron chi connectivity index (χ0n) is 5.82. The molecule has 0 atom stereocenters. The first kappa shape index (κ1) is 8.69. The Kier molecular flexibility index (Phi) is 5.06. The number of aliphatic carboxylic acids is 1. The Balaban J connectivity index is 3.62. The number of hydrogen-bond donors (Lipinski definition) is 1. The molecule has 0 aliphatic rings. The van der Waals surface area contributed by atoms with E-state index in [4.69, 9.17) is 5.11 Å². The molecule has 54 valence electrons. The molecule has 0 amide bonds. The van der Waals surface area contributed by atoms with Gasteiger partial charge in [-0.15, -0.1) is 0 Å². The summed E-state index contributed by atoms with van der Waals surface area (Å²) in [5.74, 6) is -0.926. The molecule has 0 rings (SSSR count). The van der Waals surface area contributed by atoms with Crippen LogP contribution < -0.4 is 0 Å². The van der Waals surface area contributed by atoms with Crippen molar-refractivity contribution in [3.8, 4) is 0 Å². The van der Waals surface area contributed by atoms with Crippen LogP contribution in [-0.4, -0.2) is 11.1 Å². The first-order valence-corrected chi connectivity index (χ1v) is 2.96. The average Bonchev–Trinajstić information content (AvgIpc) is 1.87. The van der Waals surface area contributed by atoms with Crippen molar-refractivity contribution in [3.05, 3.63) is 36.5 Å². The highest BCUT2D eigenvalue weighted by Crippen LogP contribution is 1.79. The molecule has 0 unspecified atom stereocenters. The maximum Gasteiger partial charge on any atom is 0.328 e. The lowest BCUT2D eigenvalue weighted by molar-refractivity contribution is -0.131. The van der Waals surface area contributed by atoms with E-state index in [9.17, 15) is 4.79 Å². The number of carboxylic acids is 1. The molecule has 2 nitrogen and oxygen atoms in total. The number of allylic oxidation sites excluding steroid dienone is 5. The molecular weight excluding hydrogens is 128 g/mol. The van der Waals surface area contributed by atoms with E-state index in [2.05, 4.69) is 0 Å². The van der Waals surface area contributed by atoms with Crippen LogP contribution in [0.25, 0.3) is 0 Å². The molecular formula is C8H10O2. The molecule has 0 heterocycles. The highest BCUT2D eigenvalue weighted by Gasteiger charge is 1.78. The Morgan fingerprint density at radius 2 is 1.80 bits per heavy atom. The fourth-order valence-corrected chi connectivity index (χ4v) is 0.377. The molecule has 0 aromatic heterocycles. The lowest BCUT2D eigenvalue weighted by Crippen LogP contribution is -1.84. The van der Waals surface area contributed by atoms with Gasteiger partial charge in [0.1, 0.15) is 0 Å². The van der Waals surface area contributed by atoms with Crippen molar-refractivity contribution < 1.29 is 9.90 Å². The van der Waals surface area contributed by atoms with Crippen LogP contribution in [0.15, 0.2) is 36.5 Å². The Morgan fingerprint density at radius 3 is 2.30 bits per heavy atom. The number of carbonyl (C=O) groups is 1. The second-order valence-electron chi connectivity index (χ2n) is 1.61. The van der Waals surface area contributed by atoms with Gasteiger partial charge in [-0.1, -0.05) is 30.4 Å². The summed E-state index contributed by atoms with van der Waals surface area (Å²) in [6.07, 6.45) is 9.67. The second-order valence-corrected chi connectivity index (χ2v) is 1.61. The van der Waals surface area contributed by atoms with Gasteiger partial charge in [0, 0.05) is 6.08 Å². The minimum atomic E-state index is -0.926. The highest BCUT2D eigenvalue weighted by molar-refractivity contribution is 5.80. The molecule has 0 spiro atoms. The summed E-state index contributed by atoms with van der Waals surface area (Å²) in [6, 6.07) is 0. The van der Waals surface area contributed by atoms with E-state index >= 15 is 0 Å². The van der Waals surface area contributed by atoms with E-state index in [0.29, 0.717) is 0 Å². The van der Waals surface area contributed by atoms with E-state index in [1.165, 1.54) is 6.08 Å². The minimum absolute atomic E-state index is 0.926. The fraction of sp³-hybridized carbons (Fsp3) is 0.125. The number of hydrogen-bond acceptors (Lipinski definition) is 1. The first-order chi connectivity index (χ1) is 4.77. The lowest BCUT2D eigenvalue weighted by Gasteiger charge is -1.73. The quantitative estimate of drug-likeness (QED) is 0.476. The number of carboxylic acid groups (broad SMARTS) is 1. The molecule has 0 saturated carbocycles. The van der Waals surface area contributed by atoms with Gasteiger partial charge in [0.25, 0.3) is 0 Å². The first-order valence-electron chi connectivity index (χ1n) is 2.96. The lowest BCUT2D eigenvalue weighted by atomic mass is 10.4. The molecule has 0 aromatic rings. The van der Waals surface area contributed by atoms with Gasteiger partial charge in [-0.2, -0.15) is 0 Å². The summed E-state index contributed by atoms with van der Waals surface area (Å²) in [4.78, 5) is 9.89. The van der Waals surface area contributed by atoms with E-state index in [0.717, 1.165) is 6.08 Å². The predicted octanol–water partition coefficient (Wildman–Crippen LogP) is 1.76. The smallest absolute Gasteiger partial charge is 0.328 e. The molecule has 1 N–H and O–H groups in total. The van der Waals surface area contributed by atoms with Crippen molar-refractivity contribution in [1.82, 2.24) is 0 Å². The van der Waals surface area contributed by atoms with Crippen LogP contribution in [0.3, 0.4) is 0 Å². The maximum absolute atomic E-state index is 9.89. The van der Waals surface area contributed by atoms with Crippen LogP contribution in [-0.2, 0) is 4.79 Å². The summed E-state index contributed by atoms with van der Waals surface area (Å²) in [6.45, 7) is 1.89. The van der Waals surface area contributed by atoms with Crippen LogP contribution in [0.1, 0.15) is 6.92 Å². The topological polar surface area (TPSA) is 37.3 Å². The maximum atomic E-state index is 9.89. The van der Waals surface area contributed by atoms with E-state index in [1.807, 2.05) is 19.1 Å². The fourth-order valence-electron chi connectivity index (χ4n) is 0.377. The molecule has 10 heavy (non-hydrogen) atoms. The standard InChI is InChI=1S/C8H10O2/c1-2-3-4-5-6-7-8(9)10/h2-7H,1H3,(H,9,10)/b3-2?,5-4+,7-6-. The Bertz CT molecular complexity index is 176. The van der Waals surface area contributed by atoms with Crippen LogP contribution in [0, 0.1) is 0 Å². The minimum Gasteiger partial charge on any atom is -0.478 e. The summed E-state index contributed by atoms with van der Waals surface area (Å²) in [5, 5.41) is 8.13. The summed E-state index contributed by atoms with van der Waals surface area (Å²) < 4.78 is 0. The van der Waals surface area contributed by atoms with Gasteiger partial charge in [0.15, 0.2) is 0 Å². The Morgan fingerprint density at radius 1 is 1.20 bits per heavy atom. The third-order valence-corrected chi connectivity index (χ3v) is 0.765. The summed E-state index contributed by atoms with van der Waals surface area (Å²) in [5.41, 5.74) is 0. The van der Waals surface area contributed by atoms with E-state index in [-0.39, 0.29) is 0 Å². The number of rotatable bonds is 3. The molecule has 0 aliphatic heterocycles. The zero-order valence-corrected chi connectivity index (χ0v) is 5.82. The average molecular weight is 138 g/mol. The second kappa shape index (κ2) is 5.82. The van der Waals surface area contributed by atoms with Gasteiger partial charge >= 0.3 is 5.97 Å². The molecule has 0 radical (unpaired) electrons. The normalized spacial score (nSPS) is 12.1. The Hall–Kier alpha value is -1.31. The van der Waals surface area contributed by atoms with E-state index in [1.54, 1.807) is 12.2 Å². The van der Waals surface area contributed by atoms with Crippen molar-refractivity contribution in [3.63, 3.8) is 0 Å². The van der Waals surface area contributed by atoms with Crippen LogP contribution in [0.2, 0.25) is 0 Å². The molecule has 2 heteroatoms. The largest absolute Gasteiger partial charge is 0.478 e. The molecule has 0 bridgehead atoms. The highest BCUT2D eigenvalue weighted by atomic mass is 16.4. The van der Waals surface area contributed by atoms with Crippen molar-refractivity contribution in [2.24, 2.45) is 0 Å². The van der Waals surface area contributed by atoms with Gasteiger partial charge in [0.05, 0.1) is 0 Å². The molecule has 0 fully saturated rings. The van der Waals surface area contributed by atoms with Crippen LogP contribution in [0.4, 0.5) is 0 Å². The van der Waals surface area contributed by atoms with Crippen LogP contribution >= 0.6 is 0 Å². The van der Waals surface area contributed by atoms with Gasteiger partial charge in [0.2, 0.25) is 0 Å². The summed E-state index contributed by atoms with van der Waals surface area (Å²) >= 11 is 0. The van der Waals surface area contributed by atoms with Gasteiger partial charge in [-0.05, 0) is 6.92 Å². The van der Waals surface area contributed by atoms with Gasteiger partial charge in [-0.25, -0.2) is 4.79 Å². The Labute approximate surface area is 60.2 Å². The third kappa shape index (κ3) is 6.69. The summed E-state index contributed by atoms with van der Waals surface area (Å²) in [7, 11) is 0. The SMILES string of the molecule is CC=C/C=C/C=C\C(=O)O. The molecule has 0 aliphatic carbocycles. The molecule has 0 aromatic carbocycles.